The number of amides is 1. The molecule has 1 aliphatic heterocycles. The third-order valence-electron chi connectivity index (χ3n) is 6.47. The van der Waals surface area contributed by atoms with Gasteiger partial charge in [0.1, 0.15) is 23.7 Å². The van der Waals surface area contributed by atoms with E-state index in [1.165, 1.54) is 17.7 Å². The summed E-state index contributed by atoms with van der Waals surface area (Å²) in [5.74, 6) is 6.46. The molecular formula is C28H34N8OS. The number of piperidine rings is 1. The Morgan fingerprint density at radius 1 is 1.24 bits per heavy atom. The van der Waals surface area contributed by atoms with Crippen molar-refractivity contribution in [1.29, 1.82) is 5.41 Å². The van der Waals surface area contributed by atoms with Gasteiger partial charge in [0, 0.05) is 28.1 Å². The van der Waals surface area contributed by atoms with Gasteiger partial charge in [-0.2, -0.15) is 0 Å². The molecule has 38 heavy (non-hydrogen) atoms. The minimum atomic E-state index is -0.264. The van der Waals surface area contributed by atoms with Crippen LogP contribution in [0.4, 0.5) is 17.3 Å². The summed E-state index contributed by atoms with van der Waals surface area (Å²) in [6.45, 7) is 10.1. The highest BCUT2D eigenvalue weighted by molar-refractivity contribution is 7.11. The first kappa shape index (κ1) is 27.2. The highest BCUT2D eigenvalue weighted by Gasteiger charge is 2.21. The Balaban J connectivity index is 1.51. The zero-order chi connectivity index (χ0) is 27.4. The summed E-state index contributed by atoms with van der Waals surface area (Å²) in [7, 11) is 2.11. The summed E-state index contributed by atoms with van der Waals surface area (Å²) in [6, 6.07) is 5.77. The van der Waals surface area contributed by atoms with Crippen LogP contribution >= 0.6 is 11.3 Å². The number of nitrogens with zero attached hydrogens (tertiary/aromatic N) is 4. The average Bonchev–Trinajstić information content (AvgIpc) is 3.37. The van der Waals surface area contributed by atoms with Crippen molar-refractivity contribution in [3.63, 3.8) is 0 Å². The Hall–Kier alpha value is -3.81. The van der Waals surface area contributed by atoms with Crippen LogP contribution < -0.4 is 16.4 Å². The molecular weight excluding hydrogens is 496 g/mol. The molecule has 5 N–H and O–H groups in total. The van der Waals surface area contributed by atoms with E-state index < -0.39 is 0 Å². The summed E-state index contributed by atoms with van der Waals surface area (Å²) < 4.78 is 0. The molecule has 1 amide bonds. The fraction of sp³-hybridized carbons (Fsp3) is 0.393. The number of hydrogen-bond donors (Lipinski definition) is 4. The molecule has 3 heterocycles. The second-order valence-electron chi connectivity index (χ2n) is 10.6. The lowest BCUT2D eigenvalue weighted by Gasteiger charge is -2.30. The maximum absolute atomic E-state index is 12.8. The van der Waals surface area contributed by atoms with Gasteiger partial charge in [-0.05, 0) is 63.5 Å². The predicted octanol–water partition coefficient (Wildman–Crippen LogP) is 4.30. The van der Waals surface area contributed by atoms with E-state index >= 15 is 0 Å². The van der Waals surface area contributed by atoms with E-state index in [9.17, 15) is 4.79 Å². The molecule has 0 bridgehead atoms. The summed E-state index contributed by atoms with van der Waals surface area (Å²) in [5, 5.41) is 17.3. The summed E-state index contributed by atoms with van der Waals surface area (Å²) in [6.07, 6.45) is 3.37. The molecule has 1 aromatic carbocycles. The van der Waals surface area contributed by atoms with E-state index in [2.05, 4.69) is 70.1 Å². The van der Waals surface area contributed by atoms with E-state index in [1.807, 2.05) is 24.4 Å². The van der Waals surface area contributed by atoms with Gasteiger partial charge in [-0.3, -0.25) is 10.2 Å². The number of carbonyl (C=O) groups is 1. The minimum absolute atomic E-state index is 0.0323. The molecule has 1 fully saturated rings. The molecule has 3 aromatic rings. The Morgan fingerprint density at radius 3 is 2.66 bits per heavy atom. The maximum Gasteiger partial charge on any atom is 0.284 e. The van der Waals surface area contributed by atoms with E-state index in [-0.39, 0.29) is 28.9 Å². The van der Waals surface area contributed by atoms with Crippen LogP contribution in [0.5, 0.6) is 0 Å². The largest absolute Gasteiger partial charge is 0.383 e. The highest BCUT2D eigenvalue weighted by Crippen LogP contribution is 2.25. The first-order chi connectivity index (χ1) is 18.0. The van der Waals surface area contributed by atoms with Crippen LogP contribution in [0.3, 0.4) is 0 Å². The second kappa shape index (κ2) is 11.3. The van der Waals surface area contributed by atoms with Gasteiger partial charge in [-0.15, -0.1) is 11.3 Å². The fourth-order valence-electron chi connectivity index (χ4n) is 4.04. The van der Waals surface area contributed by atoms with Crippen molar-refractivity contribution in [3.05, 3.63) is 57.3 Å². The van der Waals surface area contributed by atoms with E-state index in [1.54, 1.807) is 6.07 Å². The van der Waals surface area contributed by atoms with E-state index in [0.717, 1.165) is 37.2 Å². The molecule has 198 valence electrons. The first-order valence-corrected chi connectivity index (χ1v) is 13.4. The Bertz CT molecular complexity index is 1400. The molecule has 4 rings (SSSR count). The van der Waals surface area contributed by atoms with Crippen molar-refractivity contribution in [2.24, 2.45) is 0 Å². The number of carbonyl (C=O) groups excluding carboxylic acids is 1. The number of thiazole rings is 1. The molecule has 0 unspecified atom stereocenters. The smallest absolute Gasteiger partial charge is 0.284 e. The number of benzene rings is 1. The number of nitrogens with one attached hydrogen (secondary N) is 3. The molecule has 9 nitrogen and oxygen atoms in total. The van der Waals surface area contributed by atoms with Gasteiger partial charge in [0.15, 0.2) is 5.01 Å². The molecule has 0 saturated carbocycles. The van der Waals surface area contributed by atoms with Crippen LogP contribution in [0.15, 0.2) is 29.9 Å². The molecule has 0 spiro atoms. The number of aromatic nitrogens is 3. The Kier molecular flexibility index (Phi) is 8.09. The Morgan fingerprint density at radius 2 is 1.97 bits per heavy atom. The summed E-state index contributed by atoms with van der Waals surface area (Å²) >= 11 is 1.33. The molecule has 2 aromatic heterocycles. The van der Waals surface area contributed by atoms with Crippen molar-refractivity contribution in [2.45, 2.75) is 52.0 Å². The zero-order valence-corrected chi connectivity index (χ0v) is 23.3. The molecule has 1 aliphatic rings. The molecule has 1 saturated heterocycles. The highest BCUT2D eigenvalue weighted by atomic mass is 32.1. The monoisotopic (exact) mass is 530 g/mol. The molecule has 0 atom stereocenters. The third kappa shape index (κ3) is 6.54. The quantitative estimate of drug-likeness (QED) is 0.286. The van der Waals surface area contributed by atoms with Crippen molar-refractivity contribution in [3.8, 4) is 11.8 Å². The fourth-order valence-corrected chi connectivity index (χ4v) is 4.97. The first-order valence-electron chi connectivity index (χ1n) is 12.6. The minimum Gasteiger partial charge on any atom is -0.383 e. The van der Waals surface area contributed by atoms with Crippen LogP contribution in [0.1, 0.15) is 65.8 Å². The van der Waals surface area contributed by atoms with Gasteiger partial charge in [0.05, 0.1) is 11.3 Å². The topological polar surface area (TPSA) is 133 Å². The van der Waals surface area contributed by atoms with Gasteiger partial charge in [-0.25, -0.2) is 15.0 Å². The maximum atomic E-state index is 12.8. The summed E-state index contributed by atoms with van der Waals surface area (Å²) in [4.78, 5) is 28.0. The third-order valence-corrected chi connectivity index (χ3v) is 7.31. The van der Waals surface area contributed by atoms with Crippen molar-refractivity contribution >= 4 is 40.3 Å². The predicted molar refractivity (Wildman–Crippen MR) is 154 cm³/mol. The van der Waals surface area contributed by atoms with Crippen molar-refractivity contribution in [1.82, 2.24) is 19.9 Å². The van der Waals surface area contributed by atoms with Crippen LogP contribution in [0.2, 0.25) is 0 Å². The number of nitrogens with two attached hydrogens (primary N) is 1. The van der Waals surface area contributed by atoms with Gasteiger partial charge in [0.2, 0.25) is 0 Å². The zero-order valence-electron chi connectivity index (χ0n) is 22.5. The standard InChI is InChI=1S/C28H34N8OS/c1-17-6-8-20(34-26(37)27-35-22(15-38-27)28(2,3)4)14-18(17)7-9-21(29)23-24(30)31-16-32-25(23)33-19-10-12-36(5)13-11-19/h6,8,14-16,19,29H,10-13H2,1-5H3,(H,34,37)(H3,30,31,32,33). The number of nitrogen functional groups attached to an aromatic ring is 1. The summed E-state index contributed by atoms with van der Waals surface area (Å²) in [5.41, 5.74) is 9.58. The molecule has 0 aliphatic carbocycles. The molecule has 10 heteroatoms. The lowest BCUT2D eigenvalue weighted by Crippen LogP contribution is -2.37. The van der Waals surface area contributed by atoms with E-state index in [4.69, 9.17) is 11.1 Å². The van der Waals surface area contributed by atoms with Crippen molar-refractivity contribution in [2.75, 3.05) is 36.5 Å². The van der Waals surface area contributed by atoms with Crippen LogP contribution in [0.25, 0.3) is 0 Å². The van der Waals surface area contributed by atoms with Crippen LogP contribution in [-0.2, 0) is 5.41 Å². The average molecular weight is 531 g/mol. The second-order valence-corrected chi connectivity index (χ2v) is 11.5. The lowest BCUT2D eigenvalue weighted by molar-refractivity contribution is 0.102. The van der Waals surface area contributed by atoms with Gasteiger partial charge >= 0.3 is 0 Å². The van der Waals surface area contributed by atoms with E-state index in [0.29, 0.717) is 27.6 Å². The molecule has 0 radical (unpaired) electrons. The normalized spacial score (nSPS) is 14.4. The number of likely N-dealkylation sites (tertiary alicyclic amines) is 1. The number of aryl methyl sites for hydroxylation is 1. The lowest BCUT2D eigenvalue weighted by atomic mass is 9.93. The number of rotatable bonds is 5. The van der Waals surface area contributed by atoms with Gasteiger partial charge in [-0.1, -0.05) is 32.8 Å². The van der Waals surface area contributed by atoms with Crippen LogP contribution in [-0.4, -0.2) is 57.6 Å². The van der Waals surface area contributed by atoms with Crippen molar-refractivity contribution < 1.29 is 4.79 Å². The van der Waals surface area contributed by atoms with Gasteiger partial charge in [0.25, 0.3) is 5.91 Å². The van der Waals surface area contributed by atoms with Crippen LogP contribution in [0, 0.1) is 24.2 Å². The SMILES string of the molecule is Cc1ccc(NC(=O)c2nc(C(C)(C)C)cs2)cc1C#CC(=N)c1c(N)ncnc1NC1CCN(C)CC1. The van der Waals surface area contributed by atoms with Gasteiger partial charge < -0.3 is 21.3 Å². The Labute approximate surface area is 227 Å². The number of hydrogen-bond acceptors (Lipinski definition) is 9. The number of anilines is 3.